The maximum absolute atomic E-state index is 12.1. The minimum absolute atomic E-state index is 0.260. The van der Waals surface area contributed by atoms with E-state index in [9.17, 15) is 4.79 Å². The molecule has 2 N–H and O–H groups in total. The van der Waals surface area contributed by atoms with Gasteiger partial charge in [-0.15, -0.1) is 0 Å². The van der Waals surface area contributed by atoms with E-state index in [1.807, 2.05) is 42.5 Å². The molecule has 4 heteroatoms. The van der Waals surface area contributed by atoms with Gasteiger partial charge in [-0.05, 0) is 36.4 Å². The Morgan fingerprint density at radius 2 is 1.87 bits per heavy atom. The van der Waals surface area contributed by atoms with E-state index in [2.05, 4.69) is 22.4 Å². The predicted octanol–water partition coefficient (Wildman–Crippen LogP) is 4.68. The lowest BCUT2D eigenvalue weighted by molar-refractivity contribution is 0.0996. The monoisotopic (exact) mass is 302 g/mol. The summed E-state index contributed by atoms with van der Waals surface area (Å²) in [5.41, 5.74) is 3.84. The number of furan rings is 1. The fraction of sp³-hybridized carbons (Fsp3) is 0. The van der Waals surface area contributed by atoms with Gasteiger partial charge in [-0.25, -0.2) is 0 Å². The Bertz CT molecular complexity index is 935. The summed E-state index contributed by atoms with van der Waals surface area (Å²) in [5, 5.41) is 4.00. The molecule has 1 amide bonds. The van der Waals surface area contributed by atoms with Gasteiger partial charge in [-0.2, -0.15) is 0 Å². The van der Waals surface area contributed by atoms with E-state index in [4.69, 9.17) is 4.42 Å². The number of aromatic nitrogens is 1. The van der Waals surface area contributed by atoms with Crippen molar-refractivity contribution in [1.82, 2.24) is 4.98 Å². The van der Waals surface area contributed by atoms with E-state index in [0.717, 1.165) is 27.8 Å². The number of H-pyrrole nitrogens is 1. The van der Waals surface area contributed by atoms with Gasteiger partial charge in [0, 0.05) is 27.8 Å². The highest BCUT2D eigenvalue weighted by Gasteiger charge is 2.09. The molecule has 0 bridgehead atoms. The van der Waals surface area contributed by atoms with Gasteiger partial charge >= 0.3 is 0 Å². The van der Waals surface area contributed by atoms with Crippen molar-refractivity contribution in [3.05, 3.63) is 78.8 Å². The molecule has 2 heterocycles. The van der Waals surface area contributed by atoms with Crippen molar-refractivity contribution >= 4 is 22.5 Å². The normalized spacial score (nSPS) is 10.8. The van der Waals surface area contributed by atoms with Crippen LogP contribution in [-0.2, 0) is 0 Å². The van der Waals surface area contributed by atoms with Crippen LogP contribution in [0.4, 0.5) is 5.69 Å². The van der Waals surface area contributed by atoms with Crippen molar-refractivity contribution in [2.75, 3.05) is 5.32 Å². The number of hydrogen-bond acceptors (Lipinski definition) is 2. The fourth-order valence-corrected chi connectivity index (χ4v) is 2.59. The molecule has 0 aliphatic rings. The van der Waals surface area contributed by atoms with E-state index in [1.165, 1.54) is 6.26 Å². The van der Waals surface area contributed by atoms with Crippen LogP contribution in [0.25, 0.3) is 22.2 Å². The molecule has 0 fully saturated rings. The topological polar surface area (TPSA) is 58.0 Å². The Labute approximate surface area is 132 Å². The molecule has 0 unspecified atom stereocenters. The van der Waals surface area contributed by atoms with E-state index in [0.29, 0.717) is 5.76 Å². The molecule has 23 heavy (non-hydrogen) atoms. The number of para-hydroxylation sites is 1. The Hall–Kier alpha value is -3.27. The molecule has 0 radical (unpaired) electrons. The zero-order valence-corrected chi connectivity index (χ0v) is 12.2. The predicted molar refractivity (Wildman–Crippen MR) is 90.4 cm³/mol. The Morgan fingerprint density at radius 1 is 0.957 bits per heavy atom. The highest BCUT2D eigenvalue weighted by atomic mass is 16.3. The first kappa shape index (κ1) is 13.4. The van der Waals surface area contributed by atoms with Gasteiger partial charge in [0.15, 0.2) is 5.76 Å². The van der Waals surface area contributed by atoms with Crippen molar-refractivity contribution in [2.24, 2.45) is 0 Å². The number of carbonyl (C=O) groups is 1. The SMILES string of the molecule is O=C(Nc1cccc(-c2cc3ccccc3[nH]2)c1)c1ccco1. The average Bonchev–Trinajstić information content (AvgIpc) is 3.24. The highest BCUT2D eigenvalue weighted by molar-refractivity contribution is 6.02. The lowest BCUT2D eigenvalue weighted by atomic mass is 10.1. The molecule has 112 valence electrons. The number of hydrogen-bond donors (Lipinski definition) is 2. The minimum Gasteiger partial charge on any atom is -0.459 e. The molecular formula is C19H14N2O2. The highest BCUT2D eigenvalue weighted by Crippen LogP contribution is 2.26. The van der Waals surface area contributed by atoms with E-state index < -0.39 is 0 Å². The van der Waals surface area contributed by atoms with Gasteiger partial charge in [0.05, 0.1) is 6.26 Å². The first-order chi connectivity index (χ1) is 11.3. The van der Waals surface area contributed by atoms with E-state index in [-0.39, 0.29) is 5.91 Å². The summed E-state index contributed by atoms with van der Waals surface area (Å²) in [6.45, 7) is 0. The lowest BCUT2D eigenvalue weighted by Crippen LogP contribution is -2.10. The van der Waals surface area contributed by atoms with Crippen molar-refractivity contribution in [3.8, 4) is 11.3 Å². The molecule has 4 rings (SSSR count). The summed E-state index contributed by atoms with van der Waals surface area (Å²) >= 11 is 0. The Balaban J connectivity index is 1.64. The summed E-state index contributed by atoms with van der Waals surface area (Å²) in [4.78, 5) is 15.4. The molecule has 4 aromatic rings. The minimum atomic E-state index is -0.260. The standard InChI is InChI=1S/C19H14N2O2/c22-19(18-9-4-10-23-18)20-15-7-3-6-13(11-15)17-12-14-5-1-2-8-16(14)21-17/h1-12,21H,(H,20,22). The quantitative estimate of drug-likeness (QED) is 0.577. The van der Waals surface area contributed by atoms with Crippen molar-refractivity contribution in [2.45, 2.75) is 0 Å². The van der Waals surface area contributed by atoms with Gasteiger partial charge in [-0.1, -0.05) is 30.3 Å². The number of rotatable bonds is 3. The molecule has 0 atom stereocenters. The number of benzene rings is 2. The molecule has 0 aliphatic carbocycles. The second kappa shape index (κ2) is 5.50. The largest absolute Gasteiger partial charge is 0.459 e. The van der Waals surface area contributed by atoms with E-state index in [1.54, 1.807) is 12.1 Å². The van der Waals surface area contributed by atoms with Crippen LogP contribution in [0.1, 0.15) is 10.6 Å². The van der Waals surface area contributed by atoms with Crippen LogP contribution in [0.2, 0.25) is 0 Å². The number of nitrogens with one attached hydrogen (secondary N) is 2. The van der Waals surface area contributed by atoms with Crippen LogP contribution in [0.3, 0.4) is 0 Å². The summed E-state index contributed by atoms with van der Waals surface area (Å²) in [6, 6.07) is 21.3. The smallest absolute Gasteiger partial charge is 0.291 e. The van der Waals surface area contributed by atoms with Crippen LogP contribution >= 0.6 is 0 Å². The third kappa shape index (κ3) is 2.62. The van der Waals surface area contributed by atoms with E-state index >= 15 is 0 Å². The summed E-state index contributed by atoms with van der Waals surface area (Å²) < 4.78 is 5.10. The second-order valence-electron chi connectivity index (χ2n) is 5.28. The molecule has 2 aromatic heterocycles. The van der Waals surface area contributed by atoms with Gasteiger partial charge in [0.25, 0.3) is 5.91 Å². The summed E-state index contributed by atoms with van der Waals surface area (Å²) in [6.07, 6.45) is 1.48. The van der Waals surface area contributed by atoms with Crippen LogP contribution in [-0.4, -0.2) is 10.9 Å². The zero-order valence-electron chi connectivity index (χ0n) is 12.2. The molecule has 4 nitrogen and oxygen atoms in total. The molecule has 0 saturated heterocycles. The lowest BCUT2D eigenvalue weighted by Gasteiger charge is -2.05. The first-order valence-corrected chi connectivity index (χ1v) is 7.33. The van der Waals surface area contributed by atoms with Gasteiger partial charge < -0.3 is 14.7 Å². The maximum Gasteiger partial charge on any atom is 0.291 e. The van der Waals surface area contributed by atoms with Crippen LogP contribution in [0.15, 0.2) is 77.4 Å². The Kier molecular flexibility index (Phi) is 3.20. The first-order valence-electron chi connectivity index (χ1n) is 7.33. The van der Waals surface area contributed by atoms with Crippen LogP contribution in [0.5, 0.6) is 0 Å². The van der Waals surface area contributed by atoms with Gasteiger partial charge in [-0.3, -0.25) is 4.79 Å². The van der Waals surface area contributed by atoms with Gasteiger partial charge in [0.1, 0.15) is 0 Å². The maximum atomic E-state index is 12.1. The molecule has 0 spiro atoms. The molecule has 0 saturated carbocycles. The number of amides is 1. The number of fused-ring (bicyclic) bond motifs is 1. The molecular weight excluding hydrogens is 288 g/mol. The summed E-state index contributed by atoms with van der Waals surface area (Å²) in [5.74, 6) is 0.0322. The molecule has 2 aromatic carbocycles. The number of aromatic amines is 1. The fourth-order valence-electron chi connectivity index (χ4n) is 2.59. The van der Waals surface area contributed by atoms with Crippen molar-refractivity contribution in [3.63, 3.8) is 0 Å². The summed E-state index contributed by atoms with van der Waals surface area (Å²) in [7, 11) is 0. The molecule has 0 aliphatic heterocycles. The number of anilines is 1. The van der Waals surface area contributed by atoms with Crippen LogP contribution in [0, 0.1) is 0 Å². The zero-order chi connectivity index (χ0) is 15.6. The van der Waals surface area contributed by atoms with Gasteiger partial charge in [0.2, 0.25) is 0 Å². The van der Waals surface area contributed by atoms with Crippen LogP contribution < -0.4 is 5.32 Å². The second-order valence-corrected chi connectivity index (χ2v) is 5.28. The number of carbonyl (C=O) groups excluding carboxylic acids is 1. The van der Waals surface area contributed by atoms with Crippen molar-refractivity contribution < 1.29 is 9.21 Å². The Morgan fingerprint density at radius 3 is 2.70 bits per heavy atom. The average molecular weight is 302 g/mol. The van der Waals surface area contributed by atoms with Crippen molar-refractivity contribution in [1.29, 1.82) is 0 Å². The third-order valence-corrected chi connectivity index (χ3v) is 3.71. The third-order valence-electron chi connectivity index (χ3n) is 3.71.